The Kier molecular flexibility index (Phi) is 12.0. The summed E-state index contributed by atoms with van der Waals surface area (Å²) in [7, 11) is 0. The van der Waals surface area contributed by atoms with Crippen LogP contribution in [0.4, 0.5) is 4.79 Å². The van der Waals surface area contributed by atoms with Crippen molar-refractivity contribution >= 4 is 18.0 Å². The number of ether oxygens (including phenoxy) is 3. The molecule has 0 aliphatic carbocycles. The van der Waals surface area contributed by atoms with E-state index in [9.17, 15) is 14.4 Å². The van der Waals surface area contributed by atoms with Crippen LogP contribution in [0.5, 0.6) is 0 Å². The molecule has 1 rings (SSSR count). The molecule has 0 spiro atoms. The molecule has 9 nitrogen and oxygen atoms in total. The average molecular weight is 382 g/mol. The fraction of sp³-hybridized carbons (Fsp3) is 0.500. The summed E-state index contributed by atoms with van der Waals surface area (Å²) in [5.74, 6) is -1.17. The molecule has 0 aromatic heterocycles. The smallest absolute Gasteiger partial charge is 0.407 e. The van der Waals surface area contributed by atoms with Gasteiger partial charge in [-0.1, -0.05) is 30.3 Å². The van der Waals surface area contributed by atoms with Gasteiger partial charge in [-0.15, -0.1) is 0 Å². The molecule has 0 unspecified atom stereocenters. The van der Waals surface area contributed by atoms with Gasteiger partial charge in [0.25, 0.3) is 0 Å². The molecule has 1 aromatic rings. The van der Waals surface area contributed by atoms with Crippen molar-refractivity contribution in [3.8, 4) is 0 Å². The average Bonchev–Trinajstić information content (AvgIpc) is 2.66. The van der Waals surface area contributed by atoms with Crippen LogP contribution in [0.15, 0.2) is 30.3 Å². The van der Waals surface area contributed by atoms with Gasteiger partial charge in [-0.25, -0.2) is 9.59 Å². The maximum atomic E-state index is 11.6. The van der Waals surface area contributed by atoms with Crippen LogP contribution < -0.4 is 10.6 Å². The zero-order chi connectivity index (χ0) is 19.7. The van der Waals surface area contributed by atoms with E-state index in [0.29, 0.717) is 26.1 Å². The molecule has 3 N–H and O–H groups in total. The molecule has 150 valence electrons. The number of carbonyl (C=O) groups excluding carboxylic acids is 2. The van der Waals surface area contributed by atoms with Gasteiger partial charge in [0.05, 0.1) is 19.8 Å². The van der Waals surface area contributed by atoms with Gasteiger partial charge in [0, 0.05) is 19.5 Å². The third kappa shape index (κ3) is 13.2. The molecular formula is C18H26N2O7. The number of carboxylic acids is 1. The number of alkyl carbamates (subject to hydrolysis) is 1. The van der Waals surface area contributed by atoms with Gasteiger partial charge in [-0.2, -0.15) is 0 Å². The minimum Gasteiger partial charge on any atom is -0.480 e. The molecule has 0 saturated carbocycles. The monoisotopic (exact) mass is 382 g/mol. The van der Waals surface area contributed by atoms with Gasteiger partial charge in [0.15, 0.2) is 0 Å². The van der Waals surface area contributed by atoms with Crippen molar-refractivity contribution in [1.82, 2.24) is 10.6 Å². The Morgan fingerprint density at radius 2 is 1.67 bits per heavy atom. The second-order valence-electron chi connectivity index (χ2n) is 5.50. The Hall–Kier alpha value is -2.65. The number of carboxylic acid groups (broad SMARTS) is 1. The van der Waals surface area contributed by atoms with Crippen LogP contribution in [0.3, 0.4) is 0 Å². The van der Waals surface area contributed by atoms with E-state index >= 15 is 0 Å². The number of carbonyl (C=O) groups is 3. The molecule has 0 radical (unpaired) electrons. The van der Waals surface area contributed by atoms with Crippen LogP contribution in [0.2, 0.25) is 0 Å². The van der Waals surface area contributed by atoms with Crippen LogP contribution in [0.1, 0.15) is 18.4 Å². The second-order valence-corrected chi connectivity index (χ2v) is 5.50. The maximum absolute atomic E-state index is 11.6. The lowest BCUT2D eigenvalue weighted by atomic mass is 10.2. The summed E-state index contributed by atoms with van der Waals surface area (Å²) in [6.45, 7) is 1.31. The maximum Gasteiger partial charge on any atom is 0.407 e. The highest BCUT2D eigenvalue weighted by atomic mass is 16.5. The van der Waals surface area contributed by atoms with E-state index in [-0.39, 0.29) is 38.8 Å². The number of hydrogen-bond donors (Lipinski definition) is 3. The third-order valence-electron chi connectivity index (χ3n) is 3.23. The quantitative estimate of drug-likeness (QED) is 0.409. The zero-order valence-corrected chi connectivity index (χ0v) is 15.1. The van der Waals surface area contributed by atoms with Crippen LogP contribution in [-0.2, 0) is 30.4 Å². The Morgan fingerprint density at radius 1 is 0.926 bits per heavy atom. The minimum absolute atomic E-state index is 0.139. The molecule has 9 heteroatoms. The van der Waals surface area contributed by atoms with Crippen LogP contribution in [0, 0.1) is 0 Å². The van der Waals surface area contributed by atoms with Crippen molar-refractivity contribution in [2.75, 3.05) is 39.5 Å². The molecule has 1 aromatic carbocycles. The van der Waals surface area contributed by atoms with Crippen LogP contribution >= 0.6 is 0 Å². The predicted octanol–water partition coefficient (Wildman–Crippen LogP) is 0.927. The number of nitrogens with one attached hydrogen (secondary N) is 2. The first-order valence-corrected chi connectivity index (χ1v) is 8.66. The van der Waals surface area contributed by atoms with Gasteiger partial charge in [0.1, 0.15) is 13.2 Å². The topological polar surface area (TPSA) is 123 Å². The molecule has 0 aliphatic rings. The van der Waals surface area contributed by atoms with Crippen molar-refractivity contribution < 1.29 is 33.7 Å². The van der Waals surface area contributed by atoms with E-state index in [0.717, 1.165) is 5.56 Å². The molecule has 0 heterocycles. The molecule has 0 atom stereocenters. The summed E-state index contributed by atoms with van der Waals surface area (Å²) < 4.78 is 15.0. The van der Waals surface area contributed by atoms with E-state index in [2.05, 4.69) is 10.6 Å². The largest absolute Gasteiger partial charge is 0.480 e. The Balaban J connectivity index is 1.90. The molecule has 2 amide bonds. The van der Waals surface area contributed by atoms with Gasteiger partial charge >= 0.3 is 12.1 Å². The zero-order valence-electron chi connectivity index (χ0n) is 15.1. The number of hydrogen-bond acceptors (Lipinski definition) is 6. The normalized spacial score (nSPS) is 10.2. The summed E-state index contributed by atoms with van der Waals surface area (Å²) in [6.07, 6.45) is 0.259. The first-order valence-electron chi connectivity index (χ1n) is 8.66. The summed E-state index contributed by atoms with van der Waals surface area (Å²) in [5.41, 5.74) is 0.905. The van der Waals surface area contributed by atoms with Gasteiger partial charge < -0.3 is 30.0 Å². The third-order valence-corrected chi connectivity index (χ3v) is 3.23. The van der Waals surface area contributed by atoms with Crippen molar-refractivity contribution in [3.63, 3.8) is 0 Å². The van der Waals surface area contributed by atoms with Gasteiger partial charge in [-0.3, -0.25) is 4.79 Å². The minimum atomic E-state index is -1.03. The van der Waals surface area contributed by atoms with Crippen LogP contribution in [0.25, 0.3) is 0 Å². The summed E-state index contributed by atoms with van der Waals surface area (Å²) in [6, 6.07) is 9.35. The molecular weight excluding hydrogens is 356 g/mol. The fourth-order valence-electron chi connectivity index (χ4n) is 1.94. The van der Waals surface area contributed by atoms with Crippen LogP contribution in [-0.4, -0.2) is 62.6 Å². The first kappa shape index (κ1) is 22.4. The highest BCUT2D eigenvalue weighted by Gasteiger charge is 2.04. The molecule has 27 heavy (non-hydrogen) atoms. The Labute approximate surface area is 158 Å². The highest BCUT2D eigenvalue weighted by Crippen LogP contribution is 2.00. The summed E-state index contributed by atoms with van der Waals surface area (Å²) >= 11 is 0. The van der Waals surface area contributed by atoms with E-state index in [4.69, 9.17) is 19.3 Å². The SMILES string of the molecule is O=C(O)COCCOCCNC(=O)CCCNC(=O)OCc1ccccc1. The highest BCUT2D eigenvalue weighted by molar-refractivity contribution is 5.75. The summed E-state index contributed by atoms with van der Waals surface area (Å²) in [4.78, 5) is 33.3. The van der Waals surface area contributed by atoms with E-state index in [1.165, 1.54) is 0 Å². The van der Waals surface area contributed by atoms with Crippen molar-refractivity contribution in [2.24, 2.45) is 0 Å². The standard InChI is InChI=1S/C18H26N2O7/c21-16(19-9-10-25-11-12-26-14-17(22)23)7-4-8-20-18(24)27-13-15-5-2-1-3-6-15/h1-3,5-6H,4,7-14H2,(H,19,21)(H,20,24)(H,22,23). The Morgan fingerprint density at radius 3 is 2.41 bits per heavy atom. The Bertz CT molecular complexity index is 566. The van der Waals surface area contributed by atoms with E-state index in [1.54, 1.807) is 0 Å². The first-order chi connectivity index (χ1) is 13.1. The van der Waals surface area contributed by atoms with Gasteiger partial charge in [0.2, 0.25) is 5.91 Å². The summed E-state index contributed by atoms with van der Waals surface area (Å²) in [5, 5.41) is 13.6. The lowest BCUT2D eigenvalue weighted by Gasteiger charge is -2.08. The molecule has 0 saturated heterocycles. The number of aliphatic carboxylic acids is 1. The fourth-order valence-corrected chi connectivity index (χ4v) is 1.94. The van der Waals surface area contributed by atoms with E-state index in [1.807, 2.05) is 30.3 Å². The molecule has 0 fully saturated rings. The molecule has 0 aliphatic heterocycles. The lowest BCUT2D eigenvalue weighted by Crippen LogP contribution is -2.29. The second kappa shape index (κ2) is 14.5. The predicted molar refractivity (Wildman–Crippen MR) is 96.1 cm³/mol. The van der Waals surface area contributed by atoms with Crippen molar-refractivity contribution in [1.29, 1.82) is 0 Å². The molecule has 0 bridgehead atoms. The van der Waals surface area contributed by atoms with Crippen molar-refractivity contribution in [3.05, 3.63) is 35.9 Å². The lowest BCUT2D eigenvalue weighted by molar-refractivity contribution is -0.142. The van der Waals surface area contributed by atoms with Crippen molar-refractivity contribution in [2.45, 2.75) is 19.4 Å². The van der Waals surface area contributed by atoms with Gasteiger partial charge in [-0.05, 0) is 12.0 Å². The number of amides is 2. The number of benzene rings is 1. The van der Waals surface area contributed by atoms with E-state index < -0.39 is 12.1 Å². The number of rotatable bonds is 14.